The van der Waals surface area contributed by atoms with Crippen LogP contribution in [0.5, 0.6) is 5.75 Å². The van der Waals surface area contributed by atoms with Crippen molar-refractivity contribution in [1.29, 1.82) is 0 Å². The fourth-order valence-corrected chi connectivity index (χ4v) is 2.78. The van der Waals surface area contributed by atoms with Crippen LogP contribution in [0.1, 0.15) is 25.8 Å². The van der Waals surface area contributed by atoms with Gasteiger partial charge in [-0.2, -0.15) is 0 Å². The van der Waals surface area contributed by atoms with Crippen LogP contribution in [0.3, 0.4) is 0 Å². The molecule has 0 bridgehead atoms. The Bertz CT molecular complexity index is 566. The Kier molecular flexibility index (Phi) is 7.25. The Morgan fingerprint density at radius 1 is 1.16 bits per heavy atom. The number of ether oxygens (including phenoxy) is 1. The lowest BCUT2D eigenvalue weighted by Gasteiger charge is -2.35. The standard InChI is InChI=1S/C19H29N3O3/c1-4-9-20-18(23)14-21-10-12-22(13-11-21)19(24)16(3)25-17-7-5-15(2)6-8-17/h5-8,16H,4,9-14H2,1-3H3,(H,20,23). The molecule has 1 aliphatic heterocycles. The van der Waals surface area contributed by atoms with E-state index in [0.29, 0.717) is 45.0 Å². The Labute approximate surface area is 150 Å². The van der Waals surface area contributed by atoms with Crippen LogP contribution in [0.15, 0.2) is 24.3 Å². The second-order valence-corrected chi connectivity index (χ2v) is 6.52. The first-order valence-electron chi connectivity index (χ1n) is 9.00. The van der Waals surface area contributed by atoms with E-state index in [4.69, 9.17) is 4.74 Å². The summed E-state index contributed by atoms with van der Waals surface area (Å²) < 4.78 is 5.75. The zero-order valence-electron chi connectivity index (χ0n) is 15.5. The molecule has 2 rings (SSSR count). The first-order chi connectivity index (χ1) is 12.0. The molecular weight excluding hydrogens is 318 g/mol. The number of amides is 2. The molecule has 1 unspecified atom stereocenters. The summed E-state index contributed by atoms with van der Waals surface area (Å²) in [4.78, 5) is 28.2. The molecule has 1 aromatic rings. The molecule has 1 atom stereocenters. The van der Waals surface area contributed by atoms with Gasteiger partial charge in [-0.3, -0.25) is 14.5 Å². The topological polar surface area (TPSA) is 61.9 Å². The van der Waals surface area contributed by atoms with Crippen molar-refractivity contribution >= 4 is 11.8 Å². The lowest BCUT2D eigenvalue weighted by molar-refractivity contribution is -0.139. The number of hydrogen-bond donors (Lipinski definition) is 1. The van der Waals surface area contributed by atoms with Crippen molar-refractivity contribution in [3.8, 4) is 5.75 Å². The second-order valence-electron chi connectivity index (χ2n) is 6.52. The smallest absolute Gasteiger partial charge is 0.263 e. The molecule has 0 aliphatic carbocycles. The van der Waals surface area contributed by atoms with Crippen molar-refractivity contribution in [3.05, 3.63) is 29.8 Å². The SMILES string of the molecule is CCCNC(=O)CN1CCN(C(=O)C(C)Oc2ccc(C)cc2)CC1. The van der Waals surface area contributed by atoms with Crippen LogP contribution in [0, 0.1) is 6.92 Å². The number of carbonyl (C=O) groups excluding carboxylic acids is 2. The van der Waals surface area contributed by atoms with E-state index in [9.17, 15) is 9.59 Å². The highest BCUT2D eigenvalue weighted by atomic mass is 16.5. The Hall–Kier alpha value is -2.08. The number of hydrogen-bond acceptors (Lipinski definition) is 4. The van der Waals surface area contributed by atoms with Crippen molar-refractivity contribution in [1.82, 2.24) is 15.1 Å². The van der Waals surface area contributed by atoms with Crippen molar-refractivity contribution in [3.63, 3.8) is 0 Å². The average Bonchev–Trinajstić information content (AvgIpc) is 2.62. The molecule has 1 saturated heterocycles. The quantitative estimate of drug-likeness (QED) is 0.811. The Balaban J connectivity index is 1.76. The number of benzene rings is 1. The lowest BCUT2D eigenvalue weighted by atomic mass is 10.2. The molecular formula is C19H29N3O3. The molecule has 0 spiro atoms. The van der Waals surface area contributed by atoms with Gasteiger partial charge in [0.15, 0.2) is 6.10 Å². The first-order valence-corrected chi connectivity index (χ1v) is 9.00. The average molecular weight is 347 g/mol. The molecule has 1 heterocycles. The van der Waals surface area contributed by atoms with E-state index in [-0.39, 0.29) is 11.8 Å². The number of aryl methyl sites for hydroxylation is 1. The minimum Gasteiger partial charge on any atom is -0.481 e. The van der Waals surface area contributed by atoms with Crippen molar-refractivity contribution in [2.75, 3.05) is 39.3 Å². The molecule has 6 heteroatoms. The van der Waals surface area contributed by atoms with Gasteiger partial charge in [0.05, 0.1) is 6.54 Å². The number of carbonyl (C=O) groups is 2. The van der Waals surface area contributed by atoms with Gasteiger partial charge in [-0.25, -0.2) is 0 Å². The van der Waals surface area contributed by atoms with Crippen LogP contribution >= 0.6 is 0 Å². The number of piperazine rings is 1. The molecule has 0 saturated carbocycles. The van der Waals surface area contributed by atoms with E-state index in [2.05, 4.69) is 10.2 Å². The van der Waals surface area contributed by atoms with E-state index in [1.54, 1.807) is 6.92 Å². The fourth-order valence-electron chi connectivity index (χ4n) is 2.78. The summed E-state index contributed by atoms with van der Waals surface area (Å²) >= 11 is 0. The molecule has 1 aromatic carbocycles. The monoisotopic (exact) mass is 347 g/mol. The van der Waals surface area contributed by atoms with E-state index in [1.165, 1.54) is 0 Å². The summed E-state index contributed by atoms with van der Waals surface area (Å²) in [7, 11) is 0. The van der Waals surface area contributed by atoms with Crippen LogP contribution < -0.4 is 10.1 Å². The fraction of sp³-hybridized carbons (Fsp3) is 0.579. The highest BCUT2D eigenvalue weighted by Gasteiger charge is 2.26. The van der Waals surface area contributed by atoms with Gasteiger partial charge in [-0.15, -0.1) is 0 Å². The minimum absolute atomic E-state index is 0.00402. The van der Waals surface area contributed by atoms with Crippen molar-refractivity contribution < 1.29 is 14.3 Å². The third-order valence-corrected chi connectivity index (χ3v) is 4.30. The highest BCUT2D eigenvalue weighted by Crippen LogP contribution is 2.15. The van der Waals surface area contributed by atoms with Crippen molar-refractivity contribution in [2.45, 2.75) is 33.3 Å². The molecule has 0 radical (unpaired) electrons. The van der Waals surface area contributed by atoms with Crippen LogP contribution in [-0.4, -0.2) is 67.0 Å². The lowest BCUT2D eigenvalue weighted by Crippen LogP contribution is -2.53. The van der Waals surface area contributed by atoms with Crippen LogP contribution in [0.2, 0.25) is 0 Å². The van der Waals surface area contributed by atoms with Gasteiger partial charge in [-0.05, 0) is 32.4 Å². The summed E-state index contributed by atoms with van der Waals surface area (Å²) in [6.07, 6.45) is 0.425. The predicted molar refractivity (Wildman–Crippen MR) is 97.6 cm³/mol. The zero-order chi connectivity index (χ0) is 18.2. The molecule has 25 heavy (non-hydrogen) atoms. The van der Waals surface area contributed by atoms with Gasteiger partial charge in [0.1, 0.15) is 5.75 Å². The second kappa shape index (κ2) is 9.42. The molecule has 2 amide bonds. The van der Waals surface area contributed by atoms with Gasteiger partial charge < -0.3 is 15.0 Å². The molecule has 1 fully saturated rings. The molecule has 6 nitrogen and oxygen atoms in total. The maximum atomic E-state index is 12.5. The summed E-state index contributed by atoms with van der Waals surface area (Å²) in [6.45, 7) is 9.62. The van der Waals surface area contributed by atoms with Gasteiger partial charge in [0, 0.05) is 32.7 Å². The number of rotatable bonds is 7. The summed E-state index contributed by atoms with van der Waals surface area (Å²) in [5, 5.41) is 2.88. The van der Waals surface area contributed by atoms with Crippen molar-refractivity contribution in [2.24, 2.45) is 0 Å². The molecule has 1 N–H and O–H groups in total. The molecule has 1 aliphatic rings. The highest BCUT2D eigenvalue weighted by molar-refractivity contribution is 5.81. The first kappa shape index (κ1) is 19.2. The summed E-state index contributed by atoms with van der Waals surface area (Å²) in [5.74, 6) is 0.756. The van der Waals surface area contributed by atoms with Crippen LogP contribution in [-0.2, 0) is 9.59 Å². The summed E-state index contributed by atoms with van der Waals surface area (Å²) in [5.41, 5.74) is 1.16. The molecule has 0 aromatic heterocycles. The third kappa shape index (κ3) is 6.05. The van der Waals surface area contributed by atoms with Crippen LogP contribution in [0.4, 0.5) is 0 Å². The maximum absolute atomic E-state index is 12.5. The zero-order valence-corrected chi connectivity index (χ0v) is 15.5. The number of nitrogens with zero attached hydrogens (tertiary/aromatic N) is 2. The number of nitrogens with one attached hydrogen (secondary N) is 1. The van der Waals surface area contributed by atoms with Gasteiger partial charge in [0.2, 0.25) is 5.91 Å². The van der Waals surface area contributed by atoms with E-state index in [1.807, 2.05) is 43.0 Å². The van der Waals surface area contributed by atoms with Crippen LogP contribution in [0.25, 0.3) is 0 Å². The molecule has 138 valence electrons. The maximum Gasteiger partial charge on any atom is 0.263 e. The minimum atomic E-state index is -0.512. The summed E-state index contributed by atoms with van der Waals surface area (Å²) in [6, 6.07) is 7.70. The normalized spacial score (nSPS) is 16.4. The van der Waals surface area contributed by atoms with Gasteiger partial charge in [0.25, 0.3) is 5.91 Å². The third-order valence-electron chi connectivity index (χ3n) is 4.30. The van der Waals surface area contributed by atoms with Gasteiger partial charge >= 0.3 is 0 Å². The van der Waals surface area contributed by atoms with E-state index < -0.39 is 6.10 Å². The predicted octanol–water partition coefficient (Wildman–Crippen LogP) is 1.43. The Morgan fingerprint density at radius 2 is 1.80 bits per heavy atom. The van der Waals surface area contributed by atoms with E-state index in [0.717, 1.165) is 12.0 Å². The van der Waals surface area contributed by atoms with Gasteiger partial charge in [-0.1, -0.05) is 24.6 Å². The van der Waals surface area contributed by atoms with E-state index >= 15 is 0 Å². The Morgan fingerprint density at radius 3 is 2.40 bits per heavy atom. The largest absolute Gasteiger partial charge is 0.481 e.